The topological polar surface area (TPSA) is 46.8 Å². The highest BCUT2D eigenvalue weighted by Crippen LogP contribution is 2.32. The Morgan fingerprint density at radius 2 is 1.91 bits per heavy atom. The Morgan fingerprint density at radius 1 is 1.09 bits per heavy atom. The zero-order valence-electron chi connectivity index (χ0n) is 11.6. The Hall–Kier alpha value is -2.57. The van der Waals surface area contributed by atoms with E-state index in [1.54, 1.807) is 18.3 Å². The molecule has 0 saturated carbocycles. The van der Waals surface area contributed by atoms with E-state index in [1.165, 1.54) is 0 Å². The van der Waals surface area contributed by atoms with Crippen LogP contribution < -0.4 is 4.90 Å². The zero-order chi connectivity index (χ0) is 15.1. The quantitative estimate of drug-likeness (QED) is 0.746. The molecule has 0 radical (unpaired) electrons. The molecule has 0 bridgehead atoms. The Morgan fingerprint density at radius 3 is 2.64 bits per heavy atom. The fraction of sp³-hybridized carbons (Fsp3) is 0.267. The molecule has 0 spiro atoms. The number of alkyl halides is 2. The lowest BCUT2D eigenvalue weighted by atomic mass is 10.1. The minimum absolute atomic E-state index is 0.249. The van der Waals surface area contributed by atoms with E-state index in [0.717, 1.165) is 5.39 Å². The van der Waals surface area contributed by atoms with Gasteiger partial charge in [-0.25, -0.2) is 18.7 Å². The highest BCUT2D eigenvalue weighted by atomic mass is 19.3. The molecule has 1 aliphatic heterocycles. The molecule has 5 nitrogen and oxygen atoms in total. The molecule has 4 rings (SSSR count). The molecular weight excluding hydrogens is 288 g/mol. The number of benzene rings is 1. The Bertz CT molecular complexity index is 797. The van der Waals surface area contributed by atoms with Crippen molar-refractivity contribution >= 4 is 16.7 Å². The Labute approximate surface area is 125 Å². The summed E-state index contributed by atoms with van der Waals surface area (Å²) < 4.78 is 27.9. The summed E-state index contributed by atoms with van der Waals surface area (Å²) in [6.45, 7) is 1.40. The number of hydrogen-bond donors (Lipinski definition) is 0. The first-order valence-corrected chi connectivity index (χ1v) is 7.01. The SMILES string of the molecule is FC(F)c1nc(N2CC(n3cccn3)C2)c2ccccc2n1. The van der Waals surface area contributed by atoms with Gasteiger partial charge in [-0.05, 0) is 18.2 Å². The van der Waals surface area contributed by atoms with Gasteiger partial charge < -0.3 is 4.90 Å². The lowest BCUT2D eigenvalue weighted by Gasteiger charge is -2.40. The maximum Gasteiger partial charge on any atom is 0.297 e. The lowest BCUT2D eigenvalue weighted by molar-refractivity contribution is 0.140. The predicted molar refractivity (Wildman–Crippen MR) is 78.0 cm³/mol. The minimum atomic E-state index is -2.67. The van der Waals surface area contributed by atoms with Gasteiger partial charge in [-0.3, -0.25) is 4.68 Å². The van der Waals surface area contributed by atoms with Gasteiger partial charge in [0.2, 0.25) is 0 Å². The number of para-hydroxylation sites is 1. The van der Waals surface area contributed by atoms with E-state index in [4.69, 9.17) is 0 Å². The van der Waals surface area contributed by atoms with Gasteiger partial charge in [0.05, 0.1) is 11.6 Å². The van der Waals surface area contributed by atoms with Crippen molar-refractivity contribution in [1.82, 2.24) is 19.7 Å². The average molecular weight is 301 g/mol. The number of rotatable bonds is 3. The molecule has 2 aromatic heterocycles. The minimum Gasteiger partial charge on any atom is -0.352 e. The highest BCUT2D eigenvalue weighted by Gasteiger charge is 2.31. The van der Waals surface area contributed by atoms with Crippen LogP contribution in [-0.2, 0) is 0 Å². The van der Waals surface area contributed by atoms with Gasteiger partial charge >= 0.3 is 0 Å². The van der Waals surface area contributed by atoms with Crippen molar-refractivity contribution in [2.75, 3.05) is 18.0 Å². The number of fused-ring (bicyclic) bond motifs is 1. The molecule has 1 aliphatic rings. The molecule has 112 valence electrons. The number of hydrogen-bond acceptors (Lipinski definition) is 4. The van der Waals surface area contributed by atoms with E-state index in [1.807, 2.05) is 34.0 Å². The zero-order valence-corrected chi connectivity index (χ0v) is 11.6. The summed E-state index contributed by atoms with van der Waals surface area (Å²) in [7, 11) is 0. The van der Waals surface area contributed by atoms with Crippen LogP contribution in [0.4, 0.5) is 14.6 Å². The van der Waals surface area contributed by atoms with Crippen molar-refractivity contribution in [3.63, 3.8) is 0 Å². The second kappa shape index (κ2) is 5.01. The summed E-state index contributed by atoms with van der Waals surface area (Å²) in [6.07, 6.45) is 0.967. The van der Waals surface area contributed by atoms with Crippen LogP contribution in [0.25, 0.3) is 10.9 Å². The van der Waals surface area contributed by atoms with Gasteiger partial charge in [0.1, 0.15) is 5.82 Å². The van der Waals surface area contributed by atoms with Gasteiger partial charge in [-0.2, -0.15) is 5.10 Å². The van der Waals surface area contributed by atoms with Crippen LogP contribution in [0, 0.1) is 0 Å². The molecule has 1 aromatic carbocycles. The maximum atomic E-state index is 13.0. The van der Waals surface area contributed by atoms with Crippen molar-refractivity contribution in [2.45, 2.75) is 12.5 Å². The van der Waals surface area contributed by atoms with Gasteiger partial charge in [0, 0.05) is 30.9 Å². The summed E-state index contributed by atoms with van der Waals surface area (Å²) in [5, 5.41) is 5.01. The Balaban J connectivity index is 1.69. The maximum absolute atomic E-state index is 13.0. The summed E-state index contributed by atoms with van der Waals surface area (Å²) in [5.74, 6) is 0.153. The highest BCUT2D eigenvalue weighted by molar-refractivity contribution is 5.89. The second-order valence-corrected chi connectivity index (χ2v) is 5.27. The molecule has 0 aliphatic carbocycles. The lowest BCUT2D eigenvalue weighted by Crippen LogP contribution is -2.48. The van der Waals surface area contributed by atoms with Crippen LogP contribution in [0.5, 0.6) is 0 Å². The first kappa shape index (κ1) is 13.1. The van der Waals surface area contributed by atoms with Crippen LogP contribution in [0.15, 0.2) is 42.7 Å². The van der Waals surface area contributed by atoms with Crippen molar-refractivity contribution in [2.24, 2.45) is 0 Å². The van der Waals surface area contributed by atoms with Crippen LogP contribution in [0.2, 0.25) is 0 Å². The van der Waals surface area contributed by atoms with Gasteiger partial charge in [0.25, 0.3) is 6.43 Å². The van der Waals surface area contributed by atoms with E-state index >= 15 is 0 Å². The number of nitrogens with zero attached hydrogens (tertiary/aromatic N) is 5. The third-order valence-electron chi connectivity index (χ3n) is 3.86. The van der Waals surface area contributed by atoms with Crippen molar-refractivity contribution < 1.29 is 8.78 Å². The van der Waals surface area contributed by atoms with Crippen LogP contribution in [-0.4, -0.2) is 32.8 Å². The summed E-state index contributed by atoms with van der Waals surface area (Å²) >= 11 is 0. The summed E-state index contributed by atoms with van der Waals surface area (Å²) in [4.78, 5) is 10.0. The molecule has 0 amide bonds. The molecule has 0 unspecified atom stereocenters. The van der Waals surface area contributed by atoms with Crippen molar-refractivity contribution in [3.8, 4) is 0 Å². The largest absolute Gasteiger partial charge is 0.352 e. The number of anilines is 1. The van der Waals surface area contributed by atoms with Crippen molar-refractivity contribution in [3.05, 3.63) is 48.5 Å². The first-order chi connectivity index (χ1) is 10.7. The predicted octanol–water partition coefficient (Wildman–Crippen LogP) is 2.83. The molecule has 1 saturated heterocycles. The molecule has 3 aromatic rings. The summed E-state index contributed by atoms with van der Waals surface area (Å²) in [6, 6.07) is 9.37. The van der Waals surface area contributed by atoms with Crippen LogP contribution in [0.3, 0.4) is 0 Å². The molecule has 0 N–H and O–H groups in total. The number of halogens is 2. The van der Waals surface area contributed by atoms with Gasteiger partial charge in [0.15, 0.2) is 5.82 Å². The first-order valence-electron chi connectivity index (χ1n) is 7.01. The molecule has 0 atom stereocenters. The number of aromatic nitrogens is 4. The van der Waals surface area contributed by atoms with Gasteiger partial charge in [-0.1, -0.05) is 12.1 Å². The molecule has 22 heavy (non-hydrogen) atoms. The smallest absolute Gasteiger partial charge is 0.297 e. The van der Waals surface area contributed by atoms with E-state index in [0.29, 0.717) is 24.4 Å². The average Bonchev–Trinajstić information content (AvgIpc) is 2.99. The standard InChI is InChI=1S/C15H13F2N5/c16-13(17)14-19-12-5-2-1-4-11(12)15(20-14)21-8-10(9-21)22-7-3-6-18-22/h1-7,10,13H,8-9H2. The summed E-state index contributed by atoms with van der Waals surface area (Å²) in [5.41, 5.74) is 0.547. The third-order valence-corrected chi connectivity index (χ3v) is 3.86. The second-order valence-electron chi connectivity index (χ2n) is 5.27. The molecule has 1 fully saturated rings. The monoisotopic (exact) mass is 301 g/mol. The van der Waals surface area contributed by atoms with Crippen LogP contribution in [0.1, 0.15) is 18.3 Å². The fourth-order valence-corrected chi connectivity index (χ4v) is 2.71. The Kier molecular flexibility index (Phi) is 2.99. The van der Waals surface area contributed by atoms with E-state index < -0.39 is 12.2 Å². The third kappa shape index (κ3) is 2.09. The fourth-order valence-electron chi connectivity index (χ4n) is 2.71. The molecular formula is C15H13F2N5. The van der Waals surface area contributed by atoms with E-state index in [2.05, 4.69) is 15.1 Å². The van der Waals surface area contributed by atoms with Crippen LogP contribution >= 0.6 is 0 Å². The van der Waals surface area contributed by atoms with E-state index in [9.17, 15) is 8.78 Å². The molecule has 3 heterocycles. The van der Waals surface area contributed by atoms with Gasteiger partial charge in [-0.15, -0.1) is 0 Å². The van der Waals surface area contributed by atoms with Crippen molar-refractivity contribution in [1.29, 1.82) is 0 Å². The molecule has 7 heteroatoms. The normalized spacial score (nSPS) is 15.5. The van der Waals surface area contributed by atoms with E-state index in [-0.39, 0.29) is 6.04 Å².